The molecule has 0 unspecified atom stereocenters. The zero-order valence-corrected chi connectivity index (χ0v) is 16.5. The molecule has 2 aromatic rings. The number of para-hydroxylation sites is 2. The Kier molecular flexibility index (Phi) is 5.82. The molecule has 0 aliphatic carbocycles. The number of carbonyl (C=O) groups is 2. The van der Waals surface area contributed by atoms with E-state index in [1.807, 2.05) is 23.1 Å². The van der Waals surface area contributed by atoms with Crippen molar-refractivity contribution >= 4 is 29.1 Å². The number of anilines is 1. The number of fused-ring (bicyclic) bond motifs is 1. The number of carbonyl (C=O) groups excluding carboxylic acids is 2. The Bertz CT molecular complexity index is 902. The molecule has 2 aliphatic heterocycles. The Balaban J connectivity index is 1.26. The van der Waals surface area contributed by atoms with E-state index in [0.717, 1.165) is 0 Å². The monoisotopic (exact) mass is 416 g/mol. The van der Waals surface area contributed by atoms with Gasteiger partial charge in [0, 0.05) is 32.4 Å². The number of aromatic nitrogens is 1. The number of rotatable bonds is 4. The number of ether oxygens (including phenoxy) is 2. The third-order valence-electron chi connectivity index (χ3n) is 4.87. The molecule has 29 heavy (non-hydrogen) atoms. The lowest BCUT2D eigenvalue weighted by molar-refractivity contribution is -0.143. The summed E-state index contributed by atoms with van der Waals surface area (Å²) in [5.74, 6) is 0.980. The fourth-order valence-corrected chi connectivity index (χ4v) is 3.51. The summed E-state index contributed by atoms with van der Waals surface area (Å²) in [5.41, 5.74) is 0.489. The highest BCUT2D eigenvalue weighted by molar-refractivity contribution is 6.32. The zero-order valence-electron chi connectivity index (χ0n) is 15.7. The smallest absolute Gasteiger partial charge is 0.267 e. The topological polar surface area (TPSA) is 84.0 Å². The summed E-state index contributed by atoms with van der Waals surface area (Å²) < 4.78 is 11.4. The highest BCUT2D eigenvalue weighted by atomic mass is 35.5. The van der Waals surface area contributed by atoms with E-state index in [4.69, 9.17) is 21.1 Å². The molecule has 0 bridgehead atoms. The van der Waals surface area contributed by atoms with Crippen molar-refractivity contribution < 1.29 is 19.1 Å². The maximum atomic E-state index is 12.8. The van der Waals surface area contributed by atoms with Crippen molar-refractivity contribution in [3.63, 3.8) is 0 Å². The van der Waals surface area contributed by atoms with Gasteiger partial charge in [-0.25, -0.2) is 4.98 Å². The molecule has 2 amide bonds. The fraction of sp³-hybridized carbons (Fsp3) is 0.350. The summed E-state index contributed by atoms with van der Waals surface area (Å²) in [6.07, 6.45) is 0.918. The van der Waals surface area contributed by atoms with Gasteiger partial charge in [0.15, 0.2) is 16.7 Å². The van der Waals surface area contributed by atoms with Crippen LogP contribution in [0.15, 0.2) is 42.6 Å². The zero-order chi connectivity index (χ0) is 20.2. The average molecular weight is 417 g/mol. The van der Waals surface area contributed by atoms with Crippen molar-refractivity contribution in [2.45, 2.75) is 6.10 Å². The van der Waals surface area contributed by atoms with Crippen LogP contribution in [-0.2, 0) is 9.59 Å². The van der Waals surface area contributed by atoms with Crippen molar-refractivity contribution in [2.24, 2.45) is 0 Å². The van der Waals surface area contributed by atoms with E-state index in [1.165, 1.54) is 0 Å². The highest BCUT2D eigenvalue weighted by Gasteiger charge is 2.32. The van der Waals surface area contributed by atoms with Gasteiger partial charge < -0.3 is 19.7 Å². The number of nitrogens with one attached hydrogen (secondary N) is 1. The summed E-state index contributed by atoms with van der Waals surface area (Å²) in [7, 11) is 0. The maximum Gasteiger partial charge on any atom is 0.267 e. The molecule has 152 valence electrons. The van der Waals surface area contributed by atoms with Crippen molar-refractivity contribution in [2.75, 3.05) is 44.6 Å². The quantitative estimate of drug-likeness (QED) is 0.763. The second kappa shape index (κ2) is 8.67. The number of pyridine rings is 1. The van der Waals surface area contributed by atoms with Crippen LogP contribution in [0.5, 0.6) is 11.5 Å². The van der Waals surface area contributed by atoms with E-state index >= 15 is 0 Å². The van der Waals surface area contributed by atoms with E-state index in [-0.39, 0.29) is 30.1 Å². The van der Waals surface area contributed by atoms with Gasteiger partial charge in [0.05, 0.1) is 12.2 Å². The SMILES string of the molecule is O=C(CN1CCN(C(=O)[C@@H]2COc3ccccc3O2)CC1)Nc1cccnc1Cl. The first-order valence-electron chi connectivity index (χ1n) is 9.40. The Morgan fingerprint density at radius 3 is 2.62 bits per heavy atom. The molecule has 3 heterocycles. The number of piperazine rings is 1. The summed E-state index contributed by atoms with van der Waals surface area (Å²) in [5, 5.41) is 3.02. The molecule has 1 fully saturated rings. The number of halogens is 1. The molecule has 1 atom stereocenters. The molecule has 1 N–H and O–H groups in total. The number of benzene rings is 1. The van der Waals surface area contributed by atoms with Crippen LogP contribution in [-0.4, -0.2) is 72.0 Å². The minimum atomic E-state index is -0.646. The van der Waals surface area contributed by atoms with Gasteiger partial charge in [0.2, 0.25) is 12.0 Å². The minimum absolute atomic E-state index is 0.0919. The van der Waals surface area contributed by atoms with Crippen LogP contribution in [0.4, 0.5) is 5.69 Å². The summed E-state index contributed by atoms with van der Waals surface area (Å²) in [4.78, 5) is 32.7. The lowest BCUT2D eigenvalue weighted by Crippen LogP contribution is -2.54. The molecule has 8 nitrogen and oxygen atoms in total. The molecule has 4 rings (SSSR count). The van der Waals surface area contributed by atoms with Gasteiger partial charge in [-0.15, -0.1) is 0 Å². The van der Waals surface area contributed by atoms with E-state index < -0.39 is 6.10 Å². The second-order valence-electron chi connectivity index (χ2n) is 6.86. The van der Waals surface area contributed by atoms with Crippen LogP contribution < -0.4 is 14.8 Å². The van der Waals surface area contributed by atoms with Gasteiger partial charge in [0.25, 0.3) is 5.91 Å². The predicted molar refractivity (Wildman–Crippen MR) is 107 cm³/mol. The predicted octanol–water partition coefficient (Wildman–Crippen LogP) is 1.66. The van der Waals surface area contributed by atoms with Crippen LogP contribution in [0, 0.1) is 0 Å². The first-order valence-corrected chi connectivity index (χ1v) is 9.78. The molecular formula is C20H21ClN4O4. The van der Waals surface area contributed by atoms with E-state index in [0.29, 0.717) is 43.4 Å². The lowest BCUT2D eigenvalue weighted by atomic mass is 10.2. The van der Waals surface area contributed by atoms with E-state index in [2.05, 4.69) is 10.3 Å². The molecule has 0 spiro atoms. The first kappa shape index (κ1) is 19.5. The van der Waals surface area contributed by atoms with Crippen LogP contribution in [0.2, 0.25) is 5.15 Å². The number of amides is 2. The molecule has 1 saturated heterocycles. The van der Waals surface area contributed by atoms with Crippen molar-refractivity contribution in [3.05, 3.63) is 47.7 Å². The summed E-state index contributed by atoms with van der Waals surface area (Å²) in [6.45, 7) is 2.69. The molecular weight excluding hydrogens is 396 g/mol. The highest BCUT2D eigenvalue weighted by Crippen LogP contribution is 2.31. The average Bonchev–Trinajstić information content (AvgIpc) is 2.75. The van der Waals surface area contributed by atoms with E-state index in [1.54, 1.807) is 29.3 Å². The standard InChI is InChI=1S/C20H21ClN4O4/c21-19-14(4-3-7-22-19)23-18(26)12-24-8-10-25(11-9-24)20(27)17-13-28-15-5-1-2-6-16(15)29-17/h1-7,17H,8-13H2,(H,23,26)/t17-/m0/s1. The fourth-order valence-electron chi connectivity index (χ4n) is 3.34. The van der Waals surface area contributed by atoms with Crippen LogP contribution in [0.3, 0.4) is 0 Å². The number of hydrogen-bond acceptors (Lipinski definition) is 6. The van der Waals surface area contributed by atoms with Gasteiger partial charge in [0.1, 0.15) is 6.61 Å². The lowest BCUT2D eigenvalue weighted by Gasteiger charge is -2.36. The second-order valence-corrected chi connectivity index (χ2v) is 7.21. The largest absolute Gasteiger partial charge is 0.485 e. The van der Waals surface area contributed by atoms with Crippen LogP contribution in [0.1, 0.15) is 0 Å². The van der Waals surface area contributed by atoms with Gasteiger partial charge in [-0.1, -0.05) is 23.7 Å². The third kappa shape index (κ3) is 4.60. The van der Waals surface area contributed by atoms with Crippen LogP contribution in [0.25, 0.3) is 0 Å². The van der Waals surface area contributed by atoms with Gasteiger partial charge >= 0.3 is 0 Å². The summed E-state index contributed by atoms with van der Waals surface area (Å²) >= 11 is 5.96. The third-order valence-corrected chi connectivity index (χ3v) is 5.17. The minimum Gasteiger partial charge on any atom is -0.485 e. The van der Waals surface area contributed by atoms with Crippen molar-refractivity contribution in [3.8, 4) is 11.5 Å². The summed E-state index contributed by atoms with van der Waals surface area (Å²) in [6, 6.07) is 10.7. The van der Waals surface area contributed by atoms with Crippen molar-refractivity contribution in [1.82, 2.24) is 14.8 Å². The van der Waals surface area contributed by atoms with Gasteiger partial charge in [-0.3, -0.25) is 14.5 Å². The molecule has 1 aromatic heterocycles. The Morgan fingerprint density at radius 2 is 1.86 bits per heavy atom. The van der Waals surface area contributed by atoms with Gasteiger partial charge in [-0.05, 0) is 24.3 Å². The molecule has 1 aromatic carbocycles. The maximum absolute atomic E-state index is 12.8. The Morgan fingerprint density at radius 1 is 1.10 bits per heavy atom. The van der Waals surface area contributed by atoms with Crippen molar-refractivity contribution in [1.29, 1.82) is 0 Å². The Hall–Kier alpha value is -2.84. The normalized spacial score (nSPS) is 18.9. The number of nitrogens with zero attached hydrogens (tertiary/aromatic N) is 3. The number of hydrogen-bond donors (Lipinski definition) is 1. The first-order chi connectivity index (χ1) is 14.1. The van der Waals surface area contributed by atoms with E-state index in [9.17, 15) is 9.59 Å². The van der Waals surface area contributed by atoms with Crippen LogP contribution >= 0.6 is 11.6 Å². The molecule has 0 saturated carbocycles. The molecule has 2 aliphatic rings. The van der Waals surface area contributed by atoms with Gasteiger partial charge in [-0.2, -0.15) is 0 Å². The molecule has 9 heteroatoms. The Labute approximate surface area is 173 Å². The molecule has 0 radical (unpaired) electrons.